The number of nitrogens with one attached hydrogen (secondary N) is 2. The Balaban J connectivity index is 1.34. The number of amides is 2. The molecule has 2 bridgehead atoms. The number of fused-ring (bicyclic) bond motifs is 3. The highest BCUT2D eigenvalue weighted by Crippen LogP contribution is 2.29. The zero-order valence-corrected chi connectivity index (χ0v) is 16.7. The van der Waals surface area contributed by atoms with Crippen molar-refractivity contribution in [2.45, 2.75) is 35.6 Å². The van der Waals surface area contributed by atoms with Crippen LogP contribution in [0.1, 0.15) is 30.1 Å². The molecule has 146 valence electrons. The largest absolute Gasteiger partial charge is 0.348 e. The number of hydrogen-bond donors (Lipinski definition) is 2. The maximum atomic E-state index is 12.6. The minimum absolute atomic E-state index is 0.0108. The molecule has 0 saturated carbocycles. The summed E-state index contributed by atoms with van der Waals surface area (Å²) in [6.45, 7) is 4.78. The van der Waals surface area contributed by atoms with Crippen LogP contribution in [0.4, 0.5) is 5.82 Å². The zero-order valence-electron chi connectivity index (χ0n) is 15.9. The van der Waals surface area contributed by atoms with E-state index in [4.69, 9.17) is 0 Å². The van der Waals surface area contributed by atoms with Gasteiger partial charge in [-0.15, -0.1) is 0 Å². The topological polar surface area (TPSA) is 74.3 Å². The highest BCUT2D eigenvalue weighted by molar-refractivity contribution is 7.99. The monoisotopic (exact) mass is 396 g/mol. The van der Waals surface area contributed by atoms with Gasteiger partial charge in [0.05, 0.1) is 0 Å². The van der Waals surface area contributed by atoms with Crippen LogP contribution in [-0.4, -0.2) is 47.4 Å². The average Bonchev–Trinajstić information content (AvgIpc) is 2.70. The van der Waals surface area contributed by atoms with Crippen molar-refractivity contribution in [3.63, 3.8) is 0 Å². The van der Waals surface area contributed by atoms with Crippen LogP contribution in [0.15, 0.2) is 52.4 Å². The molecule has 2 N–H and O–H groups in total. The Kier molecular flexibility index (Phi) is 5.64. The Morgan fingerprint density at radius 1 is 1.07 bits per heavy atom. The second-order valence-corrected chi connectivity index (χ2v) is 8.55. The number of hydrogen-bond acceptors (Lipinski definition) is 5. The summed E-state index contributed by atoms with van der Waals surface area (Å²) in [6, 6.07) is 11.6. The lowest BCUT2D eigenvalue weighted by Crippen LogP contribution is -2.57. The first-order valence-corrected chi connectivity index (χ1v) is 10.4. The Labute approximate surface area is 169 Å². The minimum atomic E-state index is -0.139. The molecule has 3 aliphatic heterocycles. The van der Waals surface area contributed by atoms with Gasteiger partial charge in [-0.25, -0.2) is 4.98 Å². The van der Waals surface area contributed by atoms with Crippen molar-refractivity contribution in [3.8, 4) is 0 Å². The number of pyridine rings is 1. The van der Waals surface area contributed by atoms with Crippen LogP contribution in [0.2, 0.25) is 0 Å². The predicted octanol–water partition coefficient (Wildman–Crippen LogP) is 3.02. The predicted molar refractivity (Wildman–Crippen MR) is 110 cm³/mol. The van der Waals surface area contributed by atoms with E-state index in [1.807, 2.05) is 30.3 Å². The molecule has 28 heavy (non-hydrogen) atoms. The van der Waals surface area contributed by atoms with E-state index in [9.17, 15) is 9.59 Å². The molecule has 0 radical (unpaired) electrons. The number of aromatic nitrogens is 1. The highest BCUT2D eigenvalue weighted by Gasteiger charge is 2.34. The van der Waals surface area contributed by atoms with Gasteiger partial charge in [0.2, 0.25) is 5.91 Å². The molecule has 0 aliphatic carbocycles. The standard InChI is InChI=1S/C21H24N4O2S/c1-14(26)23-20-7-6-18(12-22-20)28-17-4-2-16(3-5-17)21(27)24-19-13-25-10-8-15(19)9-11-25/h2-7,12,15,19H,8-11,13H2,1H3,(H,24,27)(H,22,23,26)/t19-/m0/s1. The Hall–Kier alpha value is -2.38. The van der Waals surface area contributed by atoms with Gasteiger partial charge in [-0.05, 0) is 68.2 Å². The molecule has 0 unspecified atom stereocenters. The molecule has 1 aromatic heterocycles. The average molecular weight is 397 g/mol. The number of carbonyl (C=O) groups is 2. The molecule has 1 aromatic carbocycles. The lowest BCUT2D eigenvalue weighted by molar-refractivity contribution is -0.114. The molecule has 3 saturated heterocycles. The van der Waals surface area contributed by atoms with Crippen LogP contribution in [0.3, 0.4) is 0 Å². The number of rotatable bonds is 5. The Bertz CT molecular complexity index is 846. The lowest BCUT2D eigenvalue weighted by atomic mass is 9.84. The molecule has 4 heterocycles. The Morgan fingerprint density at radius 2 is 1.79 bits per heavy atom. The van der Waals surface area contributed by atoms with Gasteiger partial charge in [-0.1, -0.05) is 11.8 Å². The van der Waals surface area contributed by atoms with E-state index < -0.39 is 0 Å². The van der Waals surface area contributed by atoms with Crippen molar-refractivity contribution in [3.05, 3.63) is 48.2 Å². The van der Waals surface area contributed by atoms with E-state index in [-0.39, 0.29) is 17.9 Å². The fourth-order valence-electron chi connectivity index (χ4n) is 3.89. The third-order valence-electron chi connectivity index (χ3n) is 5.37. The summed E-state index contributed by atoms with van der Waals surface area (Å²) in [5.74, 6) is 1.03. The van der Waals surface area contributed by atoms with E-state index in [0.717, 1.165) is 16.3 Å². The number of benzene rings is 1. The molecule has 1 atom stereocenters. The van der Waals surface area contributed by atoms with Gasteiger partial charge in [0.15, 0.2) is 0 Å². The molecular formula is C21H24N4O2S. The summed E-state index contributed by atoms with van der Waals surface area (Å²) in [7, 11) is 0. The fourth-order valence-corrected chi connectivity index (χ4v) is 4.67. The third-order valence-corrected chi connectivity index (χ3v) is 6.35. The summed E-state index contributed by atoms with van der Waals surface area (Å²) in [5.41, 5.74) is 0.694. The van der Waals surface area contributed by atoms with Gasteiger partial charge in [-0.3, -0.25) is 9.59 Å². The van der Waals surface area contributed by atoms with E-state index in [2.05, 4.69) is 20.5 Å². The van der Waals surface area contributed by atoms with Crippen molar-refractivity contribution in [1.82, 2.24) is 15.2 Å². The molecule has 2 amide bonds. The smallest absolute Gasteiger partial charge is 0.251 e. The third kappa shape index (κ3) is 4.54. The maximum absolute atomic E-state index is 12.6. The van der Waals surface area contributed by atoms with E-state index in [1.54, 1.807) is 24.0 Å². The molecule has 7 heteroatoms. The zero-order chi connectivity index (χ0) is 19.5. The highest BCUT2D eigenvalue weighted by atomic mass is 32.2. The quantitative estimate of drug-likeness (QED) is 0.813. The van der Waals surface area contributed by atoms with E-state index >= 15 is 0 Å². The van der Waals surface area contributed by atoms with Crippen LogP contribution >= 0.6 is 11.8 Å². The summed E-state index contributed by atoms with van der Waals surface area (Å²) in [5, 5.41) is 5.88. The second-order valence-electron chi connectivity index (χ2n) is 7.40. The van der Waals surface area contributed by atoms with Crippen molar-refractivity contribution in [2.75, 3.05) is 25.0 Å². The lowest BCUT2D eigenvalue weighted by Gasteiger charge is -2.44. The van der Waals surface area contributed by atoms with Gasteiger partial charge in [0.25, 0.3) is 5.91 Å². The van der Waals surface area contributed by atoms with Crippen LogP contribution in [0.25, 0.3) is 0 Å². The summed E-state index contributed by atoms with van der Waals surface area (Å²) < 4.78 is 0. The molecule has 6 nitrogen and oxygen atoms in total. The normalized spacial score (nSPS) is 23.2. The van der Waals surface area contributed by atoms with Crippen LogP contribution < -0.4 is 10.6 Å². The SMILES string of the molecule is CC(=O)Nc1ccc(Sc2ccc(C(=O)N[C@H]3CN4CCC3CC4)cc2)cn1. The van der Waals surface area contributed by atoms with Gasteiger partial charge < -0.3 is 15.5 Å². The van der Waals surface area contributed by atoms with Crippen LogP contribution in [0.5, 0.6) is 0 Å². The van der Waals surface area contributed by atoms with Gasteiger partial charge >= 0.3 is 0 Å². The van der Waals surface area contributed by atoms with Crippen molar-refractivity contribution >= 4 is 29.4 Å². The van der Waals surface area contributed by atoms with Crippen molar-refractivity contribution < 1.29 is 9.59 Å². The number of anilines is 1. The van der Waals surface area contributed by atoms with Crippen LogP contribution in [0, 0.1) is 5.92 Å². The number of piperidine rings is 3. The first-order valence-electron chi connectivity index (χ1n) is 9.61. The molecule has 2 aromatic rings. The van der Waals surface area contributed by atoms with Crippen molar-refractivity contribution in [1.29, 1.82) is 0 Å². The van der Waals surface area contributed by atoms with Gasteiger partial charge in [0.1, 0.15) is 5.82 Å². The molecule has 5 rings (SSSR count). The summed E-state index contributed by atoms with van der Waals surface area (Å²) >= 11 is 1.57. The summed E-state index contributed by atoms with van der Waals surface area (Å²) in [4.78, 5) is 32.3. The number of nitrogens with zero attached hydrogens (tertiary/aromatic N) is 2. The minimum Gasteiger partial charge on any atom is -0.348 e. The molecule has 3 fully saturated rings. The second kappa shape index (κ2) is 8.32. The summed E-state index contributed by atoms with van der Waals surface area (Å²) in [6.07, 6.45) is 4.11. The molecule has 0 spiro atoms. The first kappa shape index (κ1) is 19.0. The first-order chi connectivity index (χ1) is 13.6. The molecular weight excluding hydrogens is 372 g/mol. The Morgan fingerprint density at radius 3 is 2.36 bits per heavy atom. The maximum Gasteiger partial charge on any atom is 0.251 e. The number of carbonyl (C=O) groups excluding carboxylic acids is 2. The molecule has 3 aliphatic rings. The van der Waals surface area contributed by atoms with Crippen molar-refractivity contribution in [2.24, 2.45) is 5.92 Å². The fraction of sp³-hybridized carbons (Fsp3) is 0.381. The van der Waals surface area contributed by atoms with Crippen LogP contribution in [-0.2, 0) is 4.79 Å². The van der Waals surface area contributed by atoms with Gasteiger partial charge in [-0.2, -0.15) is 0 Å². The van der Waals surface area contributed by atoms with E-state index in [1.165, 1.54) is 32.9 Å². The van der Waals surface area contributed by atoms with Gasteiger partial charge in [0, 0.05) is 41.1 Å². The van der Waals surface area contributed by atoms with E-state index in [0.29, 0.717) is 17.3 Å².